The topological polar surface area (TPSA) is 37.3 Å². The van der Waals surface area contributed by atoms with E-state index >= 15 is 0 Å². The molecule has 142 valence electrons. The van der Waals surface area contributed by atoms with Crippen LogP contribution in [0, 0.1) is 0 Å². The lowest BCUT2D eigenvalue weighted by atomic mass is 9.80. The maximum absolute atomic E-state index is 13.8. The predicted molar refractivity (Wildman–Crippen MR) is 102 cm³/mol. The SMILES string of the molecule is CC1(C)CCSc2ccc(/C(=C/c3ccc(C(=O)O)cc3)C(F)(F)F)cc21. The van der Waals surface area contributed by atoms with Gasteiger partial charge in [-0.3, -0.25) is 0 Å². The summed E-state index contributed by atoms with van der Waals surface area (Å²) in [5.41, 5.74) is 0.495. The molecule has 1 aliphatic heterocycles. The largest absolute Gasteiger partial charge is 0.478 e. The Morgan fingerprint density at radius 3 is 2.33 bits per heavy atom. The standard InChI is InChI=1S/C21H19F3O2S/c1-20(2)9-10-27-18-8-7-15(12-17(18)20)16(21(22,23)24)11-13-3-5-14(6-4-13)19(25)26/h3-8,11-12H,9-10H2,1-2H3,(H,25,26)/b16-11-. The first-order valence-electron chi connectivity index (χ1n) is 8.48. The smallest absolute Gasteiger partial charge is 0.417 e. The molecular formula is C21H19F3O2S. The number of fused-ring (bicyclic) bond motifs is 1. The molecule has 2 aromatic carbocycles. The monoisotopic (exact) mass is 392 g/mol. The number of thioether (sulfide) groups is 1. The van der Waals surface area contributed by atoms with E-state index in [4.69, 9.17) is 5.11 Å². The zero-order valence-corrected chi connectivity index (χ0v) is 15.7. The third-order valence-electron chi connectivity index (χ3n) is 4.78. The highest BCUT2D eigenvalue weighted by Gasteiger charge is 2.36. The third kappa shape index (κ3) is 4.21. The summed E-state index contributed by atoms with van der Waals surface area (Å²) in [7, 11) is 0. The molecule has 27 heavy (non-hydrogen) atoms. The minimum absolute atomic E-state index is 0.0354. The van der Waals surface area contributed by atoms with Gasteiger partial charge < -0.3 is 5.11 Å². The molecule has 1 heterocycles. The van der Waals surface area contributed by atoms with Crippen LogP contribution in [0.5, 0.6) is 0 Å². The van der Waals surface area contributed by atoms with Crippen molar-refractivity contribution in [3.63, 3.8) is 0 Å². The summed E-state index contributed by atoms with van der Waals surface area (Å²) >= 11 is 1.67. The molecule has 0 saturated heterocycles. The van der Waals surface area contributed by atoms with Crippen LogP contribution in [0.2, 0.25) is 0 Å². The van der Waals surface area contributed by atoms with Crippen LogP contribution in [0.3, 0.4) is 0 Å². The molecule has 0 saturated carbocycles. The quantitative estimate of drug-likeness (QED) is 0.626. The number of hydrogen-bond acceptors (Lipinski definition) is 2. The first kappa shape index (κ1) is 19.5. The van der Waals surface area contributed by atoms with Crippen LogP contribution in [0.1, 0.15) is 47.3 Å². The van der Waals surface area contributed by atoms with Crippen LogP contribution >= 0.6 is 11.8 Å². The molecule has 1 N–H and O–H groups in total. The van der Waals surface area contributed by atoms with Crippen molar-refractivity contribution in [3.8, 4) is 0 Å². The normalized spacial score (nSPS) is 16.7. The summed E-state index contributed by atoms with van der Waals surface area (Å²) in [5.74, 6) is -0.159. The van der Waals surface area contributed by atoms with Gasteiger partial charge in [0.05, 0.1) is 11.1 Å². The van der Waals surface area contributed by atoms with Gasteiger partial charge in [0.2, 0.25) is 0 Å². The second-order valence-electron chi connectivity index (χ2n) is 7.18. The highest BCUT2D eigenvalue weighted by molar-refractivity contribution is 7.99. The van der Waals surface area contributed by atoms with Gasteiger partial charge in [-0.1, -0.05) is 32.0 Å². The Labute approximate surface area is 160 Å². The number of alkyl halides is 3. The Bertz CT molecular complexity index is 897. The van der Waals surface area contributed by atoms with E-state index in [9.17, 15) is 18.0 Å². The lowest BCUT2D eigenvalue weighted by Crippen LogP contribution is -2.23. The summed E-state index contributed by atoms with van der Waals surface area (Å²) < 4.78 is 41.3. The van der Waals surface area contributed by atoms with Crippen LogP contribution in [-0.2, 0) is 5.41 Å². The number of carbonyl (C=O) groups is 1. The van der Waals surface area contributed by atoms with Crippen LogP contribution in [0.4, 0.5) is 13.2 Å². The molecule has 1 aliphatic rings. The van der Waals surface area contributed by atoms with Crippen LogP contribution < -0.4 is 0 Å². The van der Waals surface area contributed by atoms with Gasteiger partial charge in [0.25, 0.3) is 0 Å². The van der Waals surface area contributed by atoms with Gasteiger partial charge in [0.1, 0.15) is 0 Å². The number of benzene rings is 2. The molecule has 0 bridgehead atoms. The van der Waals surface area contributed by atoms with E-state index in [1.165, 1.54) is 30.3 Å². The second-order valence-corrected chi connectivity index (χ2v) is 8.31. The Hall–Kier alpha value is -2.21. The number of carboxylic acid groups (broad SMARTS) is 1. The van der Waals surface area contributed by atoms with E-state index in [1.54, 1.807) is 23.9 Å². The lowest BCUT2D eigenvalue weighted by Gasteiger charge is -2.32. The minimum atomic E-state index is -4.52. The molecule has 0 spiro atoms. The van der Waals surface area contributed by atoms with E-state index in [1.807, 2.05) is 0 Å². The van der Waals surface area contributed by atoms with Crippen molar-refractivity contribution in [1.29, 1.82) is 0 Å². The number of aromatic carboxylic acids is 1. The number of hydrogen-bond donors (Lipinski definition) is 1. The summed E-state index contributed by atoms with van der Waals surface area (Å²) in [6.07, 6.45) is -2.54. The predicted octanol–water partition coefficient (Wildman–Crippen LogP) is 6.26. The van der Waals surface area contributed by atoms with Crippen molar-refractivity contribution in [3.05, 3.63) is 64.7 Å². The molecule has 0 atom stereocenters. The fraction of sp³-hybridized carbons (Fsp3) is 0.286. The fourth-order valence-electron chi connectivity index (χ4n) is 3.12. The zero-order chi connectivity index (χ0) is 19.8. The van der Waals surface area contributed by atoms with E-state index in [0.29, 0.717) is 5.56 Å². The Balaban J connectivity index is 2.07. The molecule has 0 aliphatic carbocycles. The van der Waals surface area contributed by atoms with Gasteiger partial charge in [-0.15, -0.1) is 11.8 Å². The van der Waals surface area contributed by atoms with E-state index < -0.39 is 17.7 Å². The summed E-state index contributed by atoms with van der Waals surface area (Å²) in [4.78, 5) is 11.9. The Morgan fingerprint density at radius 1 is 1.11 bits per heavy atom. The average Bonchev–Trinajstić information content (AvgIpc) is 2.59. The van der Waals surface area contributed by atoms with Gasteiger partial charge in [0, 0.05) is 4.90 Å². The number of carboxylic acids is 1. The third-order valence-corrected chi connectivity index (χ3v) is 5.85. The van der Waals surface area contributed by atoms with Crippen LogP contribution in [0.25, 0.3) is 11.6 Å². The van der Waals surface area contributed by atoms with Crippen molar-refractivity contribution in [2.24, 2.45) is 0 Å². The van der Waals surface area contributed by atoms with Gasteiger partial charge in [0.15, 0.2) is 0 Å². The molecule has 6 heteroatoms. The van der Waals surface area contributed by atoms with Crippen LogP contribution in [-0.4, -0.2) is 23.0 Å². The molecule has 2 nitrogen and oxygen atoms in total. The molecule has 0 aromatic heterocycles. The number of allylic oxidation sites excluding steroid dienone is 1. The maximum atomic E-state index is 13.8. The second kappa shape index (κ2) is 7.08. The van der Waals surface area contributed by atoms with E-state index in [-0.39, 0.29) is 16.5 Å². The molecule has 0 fully saturated rings. The summed E-state index contributed by atoms with van der Waals surface area (Å²) in [6.45, 7) is 4.11. The number of halogens is 3. The van der Waals surface area contributed by atoms with Crippen LogP contribution in [0.15, 0.2) is 47.4 Å². The lowest BCUT2D eigenvalue weighted by molar-refractivity contribution is -0.0683. The molecule has 0 amide bonds. The molecule has 0 radical (unpaired) electrons. The molecule has 3 rings (SSSR count). The van der Waals surface area contributed by atoms with E-state index in [0.717, 1.165) is 28.7 Å². The van der Waals surface area contributed by atoms with Crippen molar-refractivity contribution < 1.29 is 23.1 Å². The minimum Gasteiger partial charge on any atom is -0.478 e. The highest BCUT2D eigenvalue weighted by Crippen LogP contribution is 2.44. The van der Waals surface area contributed by atoms with Crippen molar-refractivity contribution >= 4 is 29.4 Å². The summed E-state index contributed by atoms with van der Waals surface area (Å²) in [5, 5.41) is 8.93. The first-order valence-corrected chi connectivity index (χ1v) is 9.46. The first-order chi connectivity index (χ1) is 12.6. The number of rotatable bonds is 3. The Morgan fingerprint density at radius 2 is 1.74 bits per heavy atom. The van der Waals surface area contributed by atoms with Gasteiger partial charge in [-0.05, 0) is 64.6 Å². The van der Waals surface area contributed by atoms with Crippen molar-refractivity contribution in [2.45, 2.75) is 36.8 Å². The van der Waals surface area contributed by atoms with Gasteiger partial charge in [-0.2, -0.15) is 13.2 Å². The van der Waals surface area contributed by atoms with E-state index in [2.05, 4.69) is 13.8 Å². The maximum Gasteiger partial charge on any atom is 0.417 e. The zero-order valence-electron chi connectivity index (χ0n) is 14.9. The summed E-state index contributed by atoms with van der Waals surface area (Å²) in [6, 6.07) is 10.3. The molecule has 0 unspecified atom stereocenters. The van der Waals surface area contributed by atoms with Gasteiger partial charge >= 0.3 is 12.1 Å². The molecular weight excluding hydrogens is 373 g/mol. The van der Waals surface area contributed by atoms with Crippen molar-refractivity contribution in [2.75, 3.05) is 5.75 Å². The van der Waals surface area contributed by atoms with Gasteiger partial charge in [-0.25, -0.2) is 4.79 Å². The van der Waals surface area contributed by atoms with Crippen molar-refractivity contribution in [1.82, 2.24) is 0 Å². The average molecular weight is 392 g/mol. The highest BCUT2D eigenvalue weighted by atomic mass is 32.2. The Kier molecular flexibility index (Phi) is 5.12. The fourth-order valence-corrected chi connectivity index (χ4v) is 4.61. The molecule has 2 aromatic rings.